The van der Waals surface area contributed by atoms with Gasteiger partial charge in [0.15, 0.2) is 0 Å². The van der Waals surface area contributed by atoms with Crippen molar-refractivity contribution in [3.63, 3.8) is 0 Å². The van der Waals surface area contributed by atoms with Crippen molar-refractivity contribution < 1.29 is 97.2 Å². The number of carbonyl (C=O) groups excluding carboxylic acids is 10. The third-order valence-corrected chi connectivity index (χ3v) is 37.1. The number of benzene rings is 6. The number of rotatable bonds is 19. The molecule has 15 atom stereocenters. The Kier molecular flexibility index (Phi) is 29.1. The van der Waals surface area contributed by atoms with Crippen LogP contribution in [0.3, 0.4) is 0 Å². The van der Waals surface area contributed by atoms with Crippen molar-refractivity contribution in [1.29, 1.82) is 0 Å². The predicted octanol–water partition coefficient (Wildman–Crippen LogP) is 12.6. The molecule has 0 aromatic heterocycles. The SMILES string of the molecule is C=C[C@@H]1C[C@]1(NC(=O)[C@@H]1C[C@@H]2C[C@H]1C(=O)N(CC)CC(C)(C)CCC/C=C/c1ccc3c(c1)/C(=N\O2)c1ccccc1-3)C(=O)NS(=O)(=O)C1CC1.C=C[C@@H]1C[C@]1(NC(=O)[C@@H]1C[C@@H]2C[C@H]1C(=O)NCC(C)(C)CCC/C=C/c1ccc3c(c1)/C(=N/O2)c1ccccc1-3)C(=O)NS(=O)(=O)C1CC1.C=C[C@@H]1C[C@]1(NC(=O)[C@@H]1C[C@@H]2C[C@H]1C(=O)NNC(=O)OC/C=C/COc1ccc3c(c1)/C(=N/O2)c1ccccc1-3)C(=O)NS(=O)(=O)C1CC1. The molecule has 9 N–H and O–H groups in total. The molecule has 21 rings (SSSR count). The van der Waals surface area contributed by atoms with Gasteiger partial charge in [0, 0.05) is 70.8 Å². The Morgan fingerprint density at radius 2 is 0.792 bits per heavy atom. The number of hydrogen-bond acceptors (Lipinski definition) is 24. The summed E-state index contributed by atoms with van der Waals surface area (Å²) >= 11 is 0. The van der Waals surface area contributed by atoms with Gasteiger partial charge in [-0.3, -0.25) is 62.7 Å². The largest absolute Gasteiger partial charge is 0.490 e. The van der Waals surface area contributed by atoms with Crippen LogP contribution in [0.4, 0.5) is 4.79 Å². The topological polar surface area (TPSA) is 468 Å². The number of oxime groups is 3. The van der Waals surface area contributed by atoms with Crippen LogP contribution in [0.25, 0.3) is 45.5 Å². The fraction of sp³-hybridized carbons (Fsp3) is 0.455. The van der Waals surface area contributed by atoms with Crippen molar-refractivity contribution in [3.05, 3.63) is 234 Å². The summed E-state index contributed by atoms with van der Waals surface area (Å²) in [5.41, 5.74) is 15.6. The number of amides is 10. The van der Waals surface area contributed by atoms with Gasteiger partial charge in [0.25, 0.3) is 17.7 Å². The molecule has 9 saturated carbocycles. The summed E-state index contributed by atoms with van der Waals surface area (Å²) in [5.74, 6) is -10.9. The van der Waals surface area contributed by atoms with Crippen molar-refractivity contribution in [2.24, 2.45) is 79.6 Å². The van der Waals surface area contributed by atoms with E-state index in [-0.39, 0.29) is 93.6 Å². The summed E-state index contributed by atoms with van der Waals surface area (Å²) in [6.45, 7) is 23.5. The third kappa shape index (κ3) is 22.1. The number of fused-ring (bicyclic) bond motifs is 18. The lowest BCUT2D eigenvalue weighted by atomic mass is 9.85. The van der Waals surface area contributed by atoms with Crippen molar-refractivity contribution in [2.45, 2.75) is 220 Å². The summed E-state index contributed by atoms with van der Waals surface area (Å²) in [6.07, 6.45) is 24.0. The smallest absolute Gasteiger partial charge is 0.426 e. The summed E-state index contributed by atoms with van der Waals surface area (Å²) in [7, 11) is -11.5. The average molecular weight is 2090 g/mol. The first-order valence-corrected chi connectivity index (χ1v) is 56.4. The van der Waals surface area contributed by atoms with E-state index in [2.05, 4.69) is 177 Å². The van der Waals surface area contributed by atoms with E-state index in [4.69, 9.17) is 29.1 Å². The normalized spacial score (nSPS) is 30.0. The average Bonchev–Trinajstić information content (AvgIpc) is 1.57. The maximum Gasteiger partial charge on any atom is 0.426 e. The number of ether oxygens (including phenoxy) is 2. The van der Waals surface area contributed by atoms with Crippen molar-refractivity contribution in [2.75, 3.05) is 32.8 Å². The molecular weight excluding hydrogens is 1960 g/mol. The summed E-state index contributed by atoms with van der Waals surface area (Å²) in [6, 6.07) is 42.3. The zero-order valence-electron chi connectivity index (χ0n) is 84.1. The van der Waals surface area contributed by atoms with E-state index < -0.39 is 181 Å². The van der Waals surface area contributed by atoms with Crippen molar-refractivity contribution in [3.8, 4) is 39.1 Å². The lowest BCUT2D eigenvalue weighted by Gasteiger charge is -2.34. The minimum absolute atomic E-state index is 0.0461. The van der Waals surface area contributed by atoms with E-state index in [1.807, 2.05) is 90.7 Å². The lowest BCUT2D eigenvalue weighted by Crippen LogP contribution is -2.54. The van der Waals surface area contributed by atoms with Crippen LogP contribution >= 0.6 is 0 Å². The number of hydrazine groups is 1. The summed E-state index contributed by atoms with van der Waals surface area (Å²) < 4.78 is 93.2. The summed E-state index contributed by atoms with van der Waals surface area (Å²) in [5, 5.41) is 23.8. The molecule has 6 aromatic rings. The molecule has 10 amide bonds. The monoisotopic (exact) mass is 2090 g/mol. The molecule has 149 heavy (non-hydrogen) atoms. The second kappa shape index (κ2) is 41.7. The Morgan fingerprint density at radius 3 is 1.19 bits per heavy atom. The van der Waals surface area contributed by atoms with Crippen LogP contribution in [0.15, 0.2) is 205 Å². The first-order chi connectivity index (χ1) is 71.3. The quantitative estimate of drug-likeness (QED) is 0.0340. The Hall–Kier alpha value is -13.7. The molecule has 34 nitrogen and oxygen atoms in total. The Balaban J connectivity index is 0.000000140. The third-order valence-electron chi connectivity index (χ3n) is 31.7. The molecular formula is C112H127N13O21S3. The molecule has 9 fully saturated rings. The maximum absolute atomic E-state index is 14.4. The maximum atomic E-state index is 14.4. The van der Waals surface area contributed by atoms with Gasteiger partial charge in [0.05, 0.1) is 51.3 Å². The number of sulfonamides is 3. The zero-order chi connectivity index (χ0) is 105. The second-order valence-electron chi connectivity index (χ2n) is 43.5. The number of allylic oxidation sites excluding steroid dienone is 2. The van der Waals surface area contributed by atoms with Crippen LogP contribution < -0.4 is 51.0 Å². The van der Waals surface area contributed by atoms with E-state index in [0.29, 0.717) is 81.0 Å². The van der Waals surface area contributed by atoms with Gasteiger partial charge in [-0.2, -0.15) is 0 Å². The van der Waals surface area contributed by atoms with E-state index >= 15 is 0 Å². The molecule has 3 heterocycles. The highest BCUT2D eigenvalue weighted by atomic mass is 32.2. The zero-order valence-corrected chi connectivity index (χ0v) is 86.5. The number of nitrogens with zero attached hydrogens (tertiary/aromatic N) is 4. The molecule has 0 spiro atoms. The van der Waals surface area contributed by atoms with Gasteiger partial charge in [-0.25, -0.2) is 35.5 Å². The van der Waals surface area contributed by atoms with Crippen molar-refractivity contribution >= 4 is 119 Å². The fourth-order valence-electron chi connectivity index (χ4n) is 22.4. The van der Waals surface area contributed by atoms with E-state index in [1.54, 1.807) is 24.3 Å². The lowest BCUT2D eigenvalue weighted by molar-refractivity contribution is -0.142. The van der Waals surface area contributed by atoms with Crippen LogP contribution in [0.5, 0.6) is 5.75 Å². The van der Waals surface area contributed by atoms with Gasteiger partial charge in [-0.1, -0.05) is 183 Å². The van der Waals surface area contributed by atoms with E-state index in [0.717, 1.165) is 116 Å². The predicted molar refractivity (Wildman–Crippen MR) is 559 cm³/mol. The Labute approximate surface area is 867 Å². The van der Waals surface area contributed by atoms with Gasteiger partial charge < -0.3 is 50.2 Å². The molecule has 12 aliphatic carbocycles. The number of carbonyl (C=O) groups is 10. The molecule has 6 aromatic carbocycles. The van der Waals surface area contributed by atoms with Crippen molar-refractivity contribution in [1.82, 2.24) is 51.2 Å². The first-order valence-electron chi connectivity index (χ1n) is 51.7. The molecule has 784 valence electrons. The minimum atomic E-state index is -3.88. The number of nitrogens with one attached hydrogen (secondary N) is 9. The van der Waals surface area contributed by atoms with Gasteiger partial charge in [-0.15, -0.1) is 19.7 Å². The fourth-order valence-corrected chi connectivity index (χ4v) is 26.5. The van der Waals surface area contributed by atoms with Crippen LogP contribution in [-0.4, -0.2) is 190 Å². The molecule has 15 aliphatic rings. The van der Waals surface area contributed by atoms with Gasteiger partial charge in [0.1, 0.15) is 71.0 Å². The van der Waals surface area contributed by atoms with Gasteiger partial charge in [-0.05, 0) is 240 Å². The molecule has 0 radical (unpaired) electrons. The molecule has 0 saturated heterocycles. The van der Waals surface area contributed by atoms with E-state index in [9.17, 15) is 73.2 Å². The highest BCUT2D eigenvalue weighted by molar-refractivity contribution is 7.91. The molecule has 12 bridgehead atoms. The highest BCUT2D eigenvalue weighted by Gasteiger charge is 2.66. The summed E-state index contributed by atoms with van der Waals surface area (Å²) in [4.78, 5) is 157. The Bertz CT molecular complexity index is 7020. The molecule has 3 aliphatic heterocycles. The highest BCUT2D eigenvalue weighted by Crippen LogP contribution is 2.52. The standard InChI is InChI=1S/C40H48N4O6S.C38H44N4O6S.C34H35N5O9S/c1-5-26-23-40(26,38(47)43-51(48,49)28-16-17-28)41-36(45)33-21-27-22-34(33)37(46)44(6-2)24-39(3,4)19-11-7-8-12-25-15-18-30-29-13-9-10-14-31(29)35(42-50-27)32(30)20-25;1-4-24-21-38(24,36(45)42-49(46,47)26-14-15-26)40-35(44)32-20-25-19-31(32)34(43)39-22-37(2,3)17-9-5-6-10-23-13-16-28-27-11-7-8-12-29(27)33(41-48-25)30(28)18-23;1-2-19-18-34(19,32(42)39-49(44,45)22-10-11-22)35-30(40)27-16-21-17-28(27)31(41)36-37-33(43)47-14-6-5-13-46-20-9-12-24-23-7-3-4-8-25(23)29(38-48-21)26(24)15-20/h5,8-10,12-15,18,20,26-28,33-34H,1,6-7,11,16-17,19,21-24H2,2-4H3,(H,41,45)(H,43,47);4,6-8,10-13,16,18,24-26,31-32H,1,5,9,14-15,17,19-22H2,2-3H3,(H,39,43)(H,40,44)(H,42,45);2-9,12,15,19,21-22,27-28H,1,10-11,13-14,16-18H2,(H,35,40)(H,36,41)(H,37,43)(H,39,42)/b12-8+,42-35-;10-6+,41-33+;6-5+,38-29+/t26-,27-,33-,34-,40-;24-,25+,31-,32-,38-;19-,21-,27-,28-,34-/m111/s1. The van der Waals surface area contributed by atoms with Crippen LogP contribution in [0.1, 0.15) is 214 Å². The number of cyclic esters (lactones) is 1. The van der Waals surface area contributed by atoms with Gasteiger partial charge in [0.2, 0.25) is 65.5 Å². The molecule has 0 unspecified atom stereocenters. The van der Waals surface area contributed by atoms with Crippen LogP contribution in [0, 0.1) is 64.1 Å². The first kappa shape index (κ1) is 104. The Morgan fingerprint density at radius 1 is 0.430 bits per heavy atom. The van der Waals surface area contributed by atoms with E-state index in [1.165, 1.54) is 6.08 Å². The number of hydrogen-bond donors (Lipinski definition) is 9. The molecule has 37 heteroatoms. The van der Waals surface area contributed by atoms with Crippen LogP contribution in [0.2, 0.25) is 0 Å². The van der Waals surface area contributed by atoms with Gasteiger partial charge >= 0.3 is 6.09 Å². The minimum Gasteiger partial charge on any atom is -0.490 e. The second-order valence-corrected chi connectivity index (χ2v) is 49.4. The van der Waals surface area contributed by atoms with Crippen LogP contribution in [-0.2, 0) is 92.5 Å².